The van der Waals surface area contributed by atoms with Crippen molar-refractivity contribution in [2.24, 2.45) is 5.41 Å². The lowest BCUT2D eigenvalue weighted by Crippen LogP contribution is -2.45. The second kappa shape index (κ2) is 7.22. The van der Waals surface area contributed by atoms with Gasteiger partial charge in [-0.1, -0.05) is 0 Å². The maximum atomic E-state index is 11.8. The molecule has 0 saturated heterocycles. The summed E-state index contributed by atoms with van der Waals surface area (Å²) in [7, 11) is 0. The monoisotopic (exact) mass is 262 g/mol. The first-order chi connectivity index (χ1) is 7.72. The fourth-order valence-corrected chi connectivity index (χ4v) is 1.83. The summed E-state index contributed by atoms with van der Waals surface area (Å²) in [5.74, 6) is 0.372. The lowest BCUT2D eigenvalue weighted by Gasteiger charge is -2.31. The predicted molar refractivity (Wildman–Crippen MR) is 74.5 cm³/mol. The van der Waals surface area contributed by atoms with E-state index in [0.29, 0.717) is 24.5 Å². The molecule has 0 rings (SSSR count). The van der Waals surface area contributed by atoms with Gasteiger partial charge < -0.3 is 5.32 Å². The van der Waals surface area contributed by atoms with Gasteiger partial charge >= 0.3 is 0 Å². The standard InChI is InChI=1S/C13H27ClN2O/c1-10(2)16(11(3)4)8-7-15-12(17)13(5,6)9-14/h10-11H,7-9H2,1-6H3,(H,15,17). The van der Waals surface area contributed by atoms with Crippen LogP contribution in [-0.4, -0.2) is 41.9 Å². The quantitative estimate of drug-likeness (QED) is 0.715. The van der Waals surface area contributed by atoms with Crippen LogP contribution < -0.4 is 5.32 Å². The number of carbonyl (C=O) groups is 1. The van der Waals surface area contributed by atoms with Crippen molar-refractivity contribution < 1.29 is 4.79 Å². The summed E-state index contributed by atoms with van der Waals surface area (Å²) in [6.45, 7) is 14.0. The van der Waals surface area contributed by atoms with Crippen LogP contribution in [0.3, 0.4) is 0 Å². The molecule has 0 aliphatic heterocycles. The van der Waals surface area contributed by atoms with Gasteiger partial charge in [-0.05, 0) is 41.5 Å². The number of rotatable bonds is 7. The second-order valence-electron chi connectivity index (χ2n) is 5.70. The molecule has 0 fully saturated rings. The van der Waals surface area contributed by atoms with Gasteiger partial charge in [0.2, 0.25) is 5.91 Å². The van der Waals surface area contributed by atoms with E-state index in [9.17, 15) is 4.79 Å². The van der Waals surface area contributed by atoms with Crippen molar-refractivity contribution in [3.63, 3.8) is 0 Å². The Morgan fingerprint density at radius 2 is 1.71 bits per heavy atom. The molecule has 17 heavy (non-hydrogen) atoms. The Hall–Kier alpha value is -0.280. The lowest BCUT2D eigenvalue weighted by atomic mass is 9.95. The molecule has 3 nitrogen and oxygen atoms in total. The summed E-state index contributed by atoms with van der Waals surface area (Å²) >= 11 is 5.76. The molecule has 0 unspecified atom stereocenters. The van der Waals surface area contributed by atoms with Crippen molar-refractivity contribution in [1.29, 1.82) is 0 Å². The Bertz CT molecular complexity index is 232. The van der Waals surface area contributed by atoms with Gasteiger partial charge in [0.15, 0.2) is 0 Å². The molecule has 0 saturated carbocycles. The highest BCUT2D eigenvalue weighted by Gasteiger charge is 2.26. The van der Waals surface area contributed by atoms with E-state index in [-0.39, 0.29) is 5.91 Å². The van der Waals surface area contributed by atoms with E-state index in [1.54, 1.807) is 0 Å². The zero-order valence-electron chi connectivity index (χ0n) is 12.0. The van der Waals surface area contributed by atoms with Gasteiger partial charge in [0.25, 0.3) is 0 Å². The van der Waals surface area contributed by atoms with Crippen molar-refractivity contribution in [3.05, 3.63) is 0 Å². The van der Waals surface area contributed by atoms with E-state index in [1.165, 1.54) is 0 Å². The SMILES string of the molecule is CC(C)N(CCNC(=O)C(C)(C)CCl)C(C)C. The second-order valence-corrected chi connectivity index (χ2v) is 5.97. The van der Waals surface area contributed by atoms with Gasteiger partial charge in [0, 0.05) is 31.1 Å². The van der Waals surface area contributed by atoms with E-state index in [0.717, 1.165) is 6.54 Å². The van der Waals surface area contributed by atoms with Crippen LogP contribution in [-0.2, 0) is 4.79 Å². The first-order valence-electron chi connectivity index (χ1n) is 6.32. The molecular weight excluding hydrogens is 236 g/mol. The molecule has 0 radical (unpaired) electrons. The highest BCUT2D eigenvalue weighted by molar-refractivity contribution is 6.19. The van der Waals surface area contributed by atoms with Gasteiger partial charge in [0.05, 0.1) is 5.41 Å². The molecule has 0 spiro atoms. The minimum Gasteiger partial charge on any atom is -0.354 e. The fourth-order valence-electron chi connectivity index (χ4n) is 1.71. The number of halogens is 1. The van der Waals surface area contributed by atoms with E-state index in [1.807, 2.05) is 13.8 Å². The fraction of sp³-hybridized carbons (Fsp3) is 0.923. The van der Waals surface area contributed by atoms with Crippen molar-refractivity contribution in [3.8, 4) is 0 Å². The van der Waals surface area contributed by atoms with Gasteiger partial charge in [-0.3, -0.25) is 9.69 Å². The average molecular weight is 263 g/mol. The molecule has 1 N–H and O–H groups in total. The molecule has 0 aliphatic carbocycles. The van der Waals surface area contributed by atoms with Crippen molar-refractivity contribution in [1.82, 2.24) is 10.2 Å². The molecule has 102 valence electrons. The molecule has 0 aromatic carbocycles. The molecular formula is C13H27ClN2O. The Kier molecular flexibility index (Phi) is 7.10. The smallest absolute Gasteiger partial charge is 0.226 e. The molecule has 0 aromatic heterocycles. The van der Waals surface area contributed by atoms with Crippen molar-refractivity contribution >= 4 is 17.5 Å². The third-order valence-corrected chi connectivity index (χ3v) is 3.60. The van der Waals surface area contributed by atoms with Crippen LogP contribution in [0.15, 0.2) is 0 Å². The van der Waals surface area contributed by atoms with Gasteiger partial charge in [-0.25, -0.2) is 0 Å². The van der Waals surface area contributed by atoms with Gasteiger partial charge in [-0.2, -0.15) is 0 Å². The summed E-state index contributed by atoms with van der Waals surface area (Å²) in [6.07, 6.45) is 0. The zero-order chi connectivity index (χ0) is 13.6. The number of hydrogen-bond donors (Lipinski definition) is 1. The highest BCUT2D eigenvalue weighted by atomic mass is 35.5. The summed E-state index contributed by atoms with van der Waals surface area (Å²) in [4.78, 5) is 14.2. The first kappa shape index (κ1) is 16.7. The molecule has 1 amide bonds. The zero-order valence-corrected chi connectivity index (χ0v) is 12.8. The first-order valence-corrected chi connectivity index (χ1v) is 6.86. The average Bonchev–Trinajstić information content (AvgIpc) is 2.22. The molecule has 0 aliphatic rings. The summed E-state index contributed by atoms with van der Waals surface area (Å²) in [5, 5.41) is 2.95. The Labute approximate surface area is 111 Å². The number of alkyl halides is 1. The number of carbonyl (C=O) groups excluding carboxylic acids is 1. The Balaban J connectivity index is 4.10. The number of amides is 1. The van der Waals surface area contributed by atoms with Crippen LogP contribution in [0.1, 0.15) is 41.5 Å². The molecule has 0 bridgehead atoms. The highest BCUT2D eigenvalue weighted by Crippen LogP contribution is 2.16. The topological polar surface area (TPSA) is 32.3 Å². The van der Waals surface area contributed by atoms with Crippen molar-refractivity contribution in [2.45, 2.75) is 53.6 Å². The van der Waals surface area contributed by atoms with Crippen LogP contribution in [0.5, 0.6) is 0 Å². The molecule has 0 atom stereocenters. The van der Waals surface area contributed by atoms with Gasteiger partial charge in [-0.15, -0.1) is 11.6 Å². The minimum absolute atomic E-state index is 0.0277. The molecule has 0 heterocycles. The number of nitrogens with one attached hydrogen (secondary N) is 1. The number of hydrogen-bond acceptors (Lipinski definition) is 2. The Morgan fingerprint density at radius 3 is 2.06 bits per heavy atom. The van der Waals surface area contributed by atoms with Crippen molar-refractivity contribution in [2.75, 3.05) is 19.0 Å². The van der Waals surface area contributed by atoms with E-state index < -0.39 is 5.41 Å². The third kappa shape index (κ3) is 5.73. The lowest BCUT2D eigenvalue weighted by molar-refractivity contribution is -0.128. The minimum atomic E-state index is -0.484. The maximum absolute atomic E-state index is 11.8. The van der Waals surface area contributed by atoms with Gasteiger partial charge in [0.1, 0.15) is 0 Å². The normalized spacial score (nSPS) is 12.6. The largest absolute Gasteiger partial charge is 0.354 e. The summed E-state index contributed by atoms with van der Waals surface area (Å²) in [6, 6.07) is 0.987. The summed E-state index contributed by atoms with van der Waals surface area (Å²) in [5.41, 5.74) is -0.484. The summed E-state index contributed by atoms with van der Waals surface area (Å²) < 4.78 is 0. The van der Waals surface area contributed by atoms with Crippen LogP contribution in [0.25, 0.3) is 0 Å². The Morgan fingerprint density at radius 1 is 1.24 bits per heavy atom. The van der Waals surface area contributed by atoms with E-state index in [4.69, 9.17) is 11.6 Å². The predicted octanol–water partition coefficient (Wildman–Crippen LogP) is 2.49. The van der Waals surface area contributed by atoms with Crippen LogP contribution in [0, 0.1) is 5.41 Å². The van der Waals surface area contributed by atoms with Crippen LogP contribution in [0.2, 0.25) is 0 Å². The van der Waals surface area contributed by atoms with E-state index in [2.05, 4.69) is 37.9 Å². The number of nitrogens with zero attached hydrogens (tertiary/aromatic N) is 1. The third-order valence-electron chi connectivity index (χ3n) is 2.93. The maximum Gasteiger partial charge on any atom is 0.226 e. The van der Waals surface area contributed by atoms with Crippen LogP contribution >= 0.6 is 11.6 Å². The van der Waals surface area contributed by atoms with Crippen LogP contribution in [0.4, 0.5) is 0 Å². The molecule has 4 heteroatoms. The van der Waals surface area contributed by atoms with E-state index >= 15 is 0 Å². The molecule has 0 aromatic rings.